The van der Waals surface area contributed by atoms with Gasteiger partial charge in [-0.15, -0.1) is 0 Å². The summed E-state index contributed by atoms with van der Waals surface area (Å²) in [5.41, 5.74) is 2.67. The molecule has 0 aliphatic heterocycles. The second-order valence-corrected chi connectivity index (χ2v) is 4.55. The highest BCUT2D eigenvalue weighted by Crippen LogP contribution is 2.16. The van der Waals surface area contributed by atoms with Crippen molar-refractivity contribution in [3.63, 3.8) is 0 Å². The van der Waals surface area contributed by atoms with E-state index < -0.39 is 5.97 Å². The third-order valence-electron chi connectivity index (χ3n) is 2.98. The number of nitrogens with one attached hydrogen (secondary N) is 1. The third kappa shape index (κ3) is 2.82. The molecule has 102 valence electrons. The molecular weight excluding hydrogens is 248 g/mol. The van der Waals surface area contributed by atoms with Crippen LogP contribution in [0.2, 0.25) is 0 Å². The monoisotopic (exact) mass is 264 g/mol. The summed E-state index contributed by atoms with van der Waals surface area (Å²) in [5, 5.41) is 19.1. The molecule has 0 saturated heterocycles. The molecule has 7 nitrogen and oxygen atoms in total. The molecule has 0 saturated carbocycles. The van der Waals surface area contributed by atoms with Crippen molar-refractivity contribution in [2.45, 2.75) is 26.9 Å². The van der Waals surface area contributed by atoms with E-state index >= 15 is 0 Å². The van der Waals surface area contributed by atoms with Crippen molar-refractivity contribution >= 4 is 5.97 Å². The number of carbonyl (C=O) groups is 1. The second kappa shape index (κ2) is 5.23. The van der Waals surface area contributed by atoms with E-state index in [-0.39, 0.29) is 5.69 Å². The lowest BCUT2D eigenvalue weighted by Crippen LogP contribution is -2.19. The fourth-order valence-corrected chi connectivity index (χ4v) is 1.96. The highest BCUT2D eigenvalue weighted by Gasteiger charge is 2.16. The Morgan fingerprint density at radius 2 is 2.21 bits per heavy atom. The summed E-state index contributed by atoms with van der Waals surface area (Å²) in [5.74, 6) is -0.215. The summed E-state index contributed by atoms with van der Waals surface area (Å²) in [6, 6.07) is 0. The Labute approximate surface area is 110 Å². The van der Waals surface area contributed by atoms with E-state index in [2.05, 4.69) is 15.4 Å². The van der Waals surface area contributed by atoms with Gasteiger partial charge in [0.25, 0.3) is 0 Å². The van der Waals surface area contributed by atoms with Crippen molar-refractivity contribution in [3.05, 3.63) is 34.5 Å². The average Bonchev–Trinajstić information content (AvgIpc) is 2.91. The molecule has 7 heteroatoms. The Kier molecular flexibility index (Phi) is 3.66. The molecule has 2 heterocycles. The average molecular weight is 264 g/mol. The lowest BCUT2D eigenvalue weighted by Gasteiger charge is -2.15. The zero-order chi connectivity index (χ0) is 14.0. The number of aromatic carboxylic acids is 1. The lowest BCUT2D eigenvalue weighted by molar-refractivity contribution is 0.0688. The van der Waals surface area contributed by atoms with E-state index in [1.807, 2.05) is 25.8 Å². The number of nitrogens with zero attached hydrogens (tertiary/aromatic N) is 3. The van der Waals surface area contributed by atoms with Crippen molar-refractivity contribution in [2.75, 3.05) is 7.05 Å². The first-order valence-corrected chi connectivity index (χ1v) is 5.85. The fourth-order valence-electron chi connectivity index (χ4n) is 1.96. The van der Waals surface area contributed by atoms with Crippen LogP contribution in [0.3, 0.4) is 0 Å². The number of aromatic nitrogens is 3. The van der Waals surface area contributed by atoms with E-state index in [1.165, 1.54) is 6.20 Å². The van der Waals surface area contributed by atoms with E-state index in [0.717, 1.165) is 17.0 Å². The Morgan fingerprint density at radius 1 is 1.47 bits per heavy atom. The first-order chi connectivity index (χ1) is 8.99. The summed E-state index contributed by atoms with van der Waals surface area (Å²) < 4.78 is 5.10. The van der Waals surface area contributed by atoms with Crippen molar-refractivity contribution in [2.24, 2.45) is 0 Å². The Bertz CT molecular complexity index is 568. The molecule has 0 amide bonds. The Balaban J connectivity index is 2.07. The zero-order valence-corrected chi connectivity index (χ0v) is 11.1. The molecular formula is C12H16N4O3. The van der Waals surface area contributed by atoms with E-state index in [4.69, 9.17) is 9.63 Å². The molecule has 0 unspecified atom stereocenters. The minimum Gasteiger partial charge on any atom is -0.477 e. The van der Waals surface area contributed by atoms with Gasteiger partial charge in [-0.1, -0.05) is 5.16 Å². The molecule has 19 heavy (non-hydrogen) atoms. The van der Waals surface area contributed by atoms with Gasteiger partial charge in [0, 0.05) is 24.2 Å². The van der Waals surface area contributed by atoms with Gasteiger partial charge in [-0.3, -0.25) is 10.00 Å². The SMILES string of the molecule is Cc1noc(C)c1CN(C)Cc1cn[nH]c1C(=O)O. The molecule has 0 aromatic carbocycles. The van der Waals surface area contributed by atoms with Gasteiger partial charge in [0.2, 0.25) is 0 Å². The Morgan fingerprint density at radius 3 is 2.79 bits per heavy atom. The van der Waals surface area contributed by atoms with Crippen LogP contribution in [0.1, 0.15) is 33.1 Å². The molecule has 0 aliphatic carbocycles. The first kappa shape index (κ1) is 13.3. The largest absolute Gasteiger partial charge is 0.477 e. The minimum absolute atomic E-state index is 0.130. The number of aryl methyl sites for hydroxylation is 2. The molecule has 0 atom stereocenters. The normalized spacial score (nSPS) is 11.2. The quantitative estimate of drug-likeness (QED) is 0.846. The number of H-pyrrole nitrogens is 1. The predicted octanol–water partition coefficient (Wildman–Crippen LogP) is 1.34. The van der Waals surface area contributed by atoms with Crippen LogP contribution in [0, 0.1) is 13.8 Å². The van der Waals surface area contributed by atoms with E-state index in [0.29, 0.717) is 18.7 Å². The fraction of sp³-hybridized carbons (Fsp3) is 0.417. The number of aromatic amines is 1. The maximum atomic E-state index is 11.0. The van der Waals surface area contributed by atoms with Crippen LogP contribution in [-0.2, 0) is 13.1 Å². The minimum atomic E-state index is -1.00. The molecule has 0 spiro atoms. The lowest BCUT2D eigenvalue weighted by atomic mass is 10.2. The van der Waals surface area contributed by atoms with Gasteiger partial charge in [0.05, 0.1) is 11.9 Å². The molecule has 0 radical (unpaired) electrons. The number of hydrogen-bond acceptors (Lipinski definition) is 5. The number of carboxylic acids is 1. The van der Waals surface area contributed by atoms with Crippen LogP contribution in [-0.4, -0.2) is 38.4 Å². The van der Waals surface area contributed by atoms with Crippen LogP contribution in [0.15, 0.2) is 10.7 Å². The highest BCUT2D eigenvalue weighted by molar-refractivity contribution is 5.86. The molecule has 2 rings (SSSR count). The van der Waals surface area contributed by atoms with Gasteiger partial charge < -0.3 is 9.63 Å². The highest BCUT2D eigenvalue weighted by atomic mass is 16.5. The van der Waals surface area contributed by atoms with E-state index in [1.54, 1.807) is 0 Å². The van der Waals surface area contributed by atoms with Crippen LogP contribution in [0.25, 0.3) is 0 Å². The summed E-state index contributed by atoms with van der Waals surface area (Å²) in [6.07, 6.45) is 1.54. The number of rotatable bonds is 5. The van der Waals surface area contributed by atoms with Crippen LogP contribution >= 0.6 is 0 Å². The van der Waals surface area contributed by atoms with Crippen molar-refractivity contribution in [3.8, 4) is 0 Å². The molecule has 2 aromatic heterocycles. The van der Waals surface area contributed by atoms with Gasteiger partial charge in [-0.05, 0) is 20.9 Å². The van der Waals surface area contributed by atoms with Gasteiger partial charge in [-0.2, -0.15) is 5.10 Å². The second-order valence-electron chi connectivity index (χ2n) is 4.55. The maximum Gasteiger partial charge on any atom is 0.354 e. The zero-order valence-electron chi connectivity index (χ0n) is 11.1. The van der Waals surface area contributed by atoms with Crippen LogP contribution in [0.5, 0.6) is 0 Å². The topological polar surface area (TPSA) is 95.3 Å². The predicted molar refractivity (Wildman–Crippen MR) is 66.7 cm³/mol. The van der Waals surface area contributed by atoms with Gasteiger partial charge in [-0.25, -0.2) is 4.79 Å². The summed E-state index contributed by atoms with van der Waals surface area (Å²) in [4.78, 5) is 13.0. The van der Waals surface area contributed by atoms with Crippen LogP contribution < -0.4 is 0 Å². The molecule has 2 N–H and O–H groups in total. The van der Waals surface area contributed by atoms with Gasteiger partial charge in [0.1, 0.15) is 11.5 Å². The van der Waals surface area contributed by atoms with Crippen molar-refractivity contribution < 1.29 is 14.4 Å². The number of carboxylic acid groups (broad SMARTS) is 1. The van der Waals surface area contributed by atoms with Gasteiger partial charge >= 0.3 is 5.97 Å². The standard InChI is InChI=1S/C12H16N4O3/c1-7-10(8(2)19-15-7)6-16(3)5-9-4-13-14-11(9)12(17)18/h4H,5-6H2,1-3H3,(H,13,14)(H,17,18). The summed E-state index contributed by atoms with van der Waals surface area (Å²) >= 11 is 0. The van der Waals surface area contributed by atoms with Gasteiger partial charge in [0.15, 0.2) is 0 Å². The summed E-state index contributed by atoms with van der Waals surface area (Å²) in [7, 11) is 1.91. The number of hydrogen-bond donors (Lipinski definition) is 2. The molecule has 0 aliphatic rings. The smallest absolute Gasteiger partial charge is 0.354 e. The molecule has 2 aromatic rings. The maximum absolute atomic E-state index is 11.0. The first-order valence-electron chi connectivity index (χ1n) is 5.85. The third-order valence-corrected chi connectivity index (χ3v) is 2.98. The van der Waals surface area contributed by atoms with Crippen LogP contribution in [0.4, 0.5) is 0 Å². The molecule has 0 bridgehead atoms. The van der Waals surface area contributed by atoms with Crippen molar-refractivity contribution in [1.82, 2.24) is 20.3 Å². The molecule has 0 fully saturated rings. The van der Waals surface area contributed by atoms with Crippen molar-refractivity contribution in [1.29, 1.82) is 0 Å². The summed E-state index contributed by atoms with van der Waals surface area (Å²) in [6.45, 7) is 4.89. The van der Waals surface area contributed by atoms with E-state index in [9.17, 15) is 4.79 Å². The Hall–Kier alpha value is -2.15.